The van der Waals surface area contributed by atoms with Crippen LogP contribution in [0.5, 0.6) is 0 Å². The Labute approximate surface area is 121 Å². The predicted octanol–water partition coefficient (Wildman–Crippen LogP) is 4.22. The molecule has 0 aliphatic rings. The largest absolute Gasteiger partial charge is 0.306 e. The van der Waals surface area contributed by atoms with Gasteiger partial charge in [-0.05, 0) is 51.7 Å². The standard InChI is InChI=1S/C15H15BrN2O/c1-10(2)11-5-7-12(8-6-11)15(19)18-14-13(16)4-3-9-17-14/h3-10H,1-2H3,(H,17,18,19). The number of nitrogens with one attached hydrogen (secondary N) is 1. The Morgan fingerprint density at radius 3 is 2.47 bits per heavy atom. The molecule has 0 saturated heterocycles. The van der Waals surface area contributed by atoms with Crippen molar-refractivity contribution in [1.82, 2.24) is 4.98 Å². The van der Waals surface area contributed by atoms with Crippen molar-refractivity contribution in [2.24, 2.45) is 0 Å². The van der Waals surface area contributed by atoms with Crippen LogP contribution in [0.4, 0.5) is 5.82 Å². The van der Waals surface area contributed by atoms with E-state index in [1.807, 2.05) is 30.3 Å². The van der Waals surface area contributed by atoms with Crippen LogP contribution in [0.15, 0.2) is 47.1 Å². The molecule has 19 heavy (non-hydrogen) atoms. The van der Waals surface area contributed by atoms with Gasteiger partial charge in [-0.25, -0.2) is 4.98 Å². The number of anilines is 1. The summed E-state index contributed by atoms with van der Waals surface area (Å²) >= 11 is 3.35. The molecule has 4 heteroatoms. The Balaban J connectivity index is 2.14. The minimum Gasteiger partial charge on any atom is -0.306 e. The fraction of sp³-hybridized carbons (Fsp3) is 0.200. The third-order valence-electron chi connectivity index (χ3n) is 2.83. The molecule has 1 heterocycles. The molecular formula is C15H15BrN2O. The summed E-state index contributed by atoms with van der Waals surface area (Å²) in [4.78, 5) is 16.2. The van der Waals surface area contributed by atoms with Gasteiger partial charge in [-0.3, -0.25) is 4.79 Å². The fourth-order valence-corrected chi connectivity index (χ4v) is 2.03. The van der Waals surface area contributed by atoms with Crippen molar-refractivity contribution >= 4 is 27.7 Å². The van der Waals surface area contributed by atoms with Crippen LogP contribution in [0.25, 0.3) is 0 Å². The van der Waals surface area contributed by atoms with Crippen LogP contribution >= 0.6 is 15.9 Å². The van der Waals surface area contributed by atoms with Crippen LogP contribution in [0.1, 0.15) is 35.7 Å². The molecule has 1 aromatic heterocycles. The number of hydrogen-bond donors (Lipinski definition) is 1. The number of aromatic nitrogens is 1. The Kier molecular flexibility index (Phi) is 4.32. The van der Waals surface area contributed by atoms with Crippen molar-refractivity contribution < 1.29 is 4.79 Å². The van der Waals surface area contributed by atoms with Crippen molar-refractivity contribution in [2.75, 3.05) is 5.32 Å². The Morgan fingerprint density at radius 1 is 1.21 bits per heavy atom. The Morgan fingerprint density at radius 2 is 1.89 bits per heavy atom. The minimum absolute atomic E-state index is 0.158. The van der Waals surface area contributed by atoms with Gasteiger partial charge in [-0.1, -0.05) is 26.0 Å². The van der Waals surface area contributed by atoms with E-state index >= 15 is 0 Å². The monoisotopic (exact) mass is 318 g/mol. The van der Waals surface area contributed by atoms with Gasteiger partial charge in [0.05, 0.1) is 4.47 Å². The van der Waals surface area contributed by atoms with Crippen LogP contribution in [0.2, 0.25) is 0 Å². The van der Waals surface area contributed by atoms with Gasteiger partial charge in [0, 0.05) is 11.8 Å². The number of amides is 1. The molecule has 1 aromatic carbocycles. The molecule has 98 valence electrons. The topological polar surface area (TPSA) is 42.0 Å². The molecule has 0 bridgehead atoms. The van der Waals surface area contributed by atoms with Crippen LogP contribution in [-0.4, -0.2) is 10.9 Å². The highest BCUT2D eigenvalue weighted by Crippen LogP contribution is 2.20. The summed E-state index contributed by atoms with van der Waals surface area (Å²) in [6.07, 6.45) is 1.64. The maximum absolute atomic E-state index is 12.1. The van der Waals surface area contributed by atoms with E-state index in [1.54, 1.807) is 12.3 Å². The molecule has 0 unspecified atom stereocenters. The summed E-state index contributed by atoms with van der Waals surface area (Å²) in [5.74, 6) is 0.831. The zero-order chi connectivity index (χ0) is 13.8. The molecule has 2 rings (SSSR count). The molecule has 0 aliphatic carbocycles. The smallest absolute Gasteiger partial charge is 0.256 e. The van der Waals surface area contributed by atoms with Gasteiger partial charge < -0.3 is 5.32 Å². The van der Waals surface area contributed by atoms with E-state index in [0.717, 1.165) is 4.47 Å². The van der Waals surface area contributed by atoms with Crippen molar-refractivity contribution in [3.8, 4) is 0 Å². The molecule has 0 fully saturated rings. The molecule has 0 atom stereocenters. The highest BCUT2D eigenvalue weighted by molar-refractivity contribution is 9.10. The average molecular weight is 319 g/mol. The number of halogens is 1. The predicted molar refractivity (Wildman–Crippen MR) is 80.4 cm³/mol. The number of hydrogen-bond acceptors (Lipinski definition) is 2. The first-order chi connectivity index (χ1) is 9.08. The first kappa shape index (κ1) is 13.7. The van der Waals surface area contributed by atoms with Gasteiger partial charge in [-0.2, -0.15) is 0 Å². The van der Waals surface area contributed by atoms with Gasteiger partial charge in [0.25, 0.3) is 5.91 Å². The highest BCUT2D eigenvalue weighted by Gasteiger charge is 2.09. The van der Waals surface area contributed by atoms with Crippen LogP contribution in [-0.2, 0) is 0 Å². The normalized spacial score (nSPS) is 10.5. The number of benzene rings is 1. The number of nitrogens with zero attached hydrogens (tertiary/aromatic N) is 1. The Bertz CT molecular complexity index is 579. The number of carbonyl (C=O) groups excluding carboxylic acids is 1. The quantitative estimate of drug-likeness (QED) is 0.920. The first-order valence-corrected chi connectivity index (χ1v) is 6.89. The van der Waals surface area contributed by atoms with Gasteiger partial charge >= 0.3 is 0 Å². The van der Waals surface area contributed by atoms with Gasteiger partial charge in [0.2, 0.25) is 0 Å². The molecule has 0 aliphatic heterocycles. The second-order valence-corrected chi connectivity index (χ2v) is 5.42. The van der Waals surface area contributed by atoms with E-state index in [9.17, 15) is 4.79 Å². The van der Waals surface area contributed by atoms with Gasteiger partial charge in [0.15, 0.2) is 0 Å². The third-order valence-corrected chi connectivity index (χ3v) is 3.47. The minimum atomic E-state index is -0.158. The Hall–Kier alpha value is -1.68. The van der Waals surface area contributed by atoms with Crippen molar-refractivity contribution in [3.63, 3.8) is 0 Å². The SMILES string of the molecule is CC(C)c1ccc(C(=O)Nc2ncccc2Br)cc1. The maximum Gasteiger partial charge on any atom is 0.256 e. The molecule has 0 spiro atoms. The maximum atomic E-state index is 12.1. The van der Waals surface area contributed by atoms with Crippen LogP contribution < -0.4 is 5.32 Å². The summed E-state index contributed by atoms with van der Waals surface area (Å²) in [5, 5.41) is 2.78. The molecule has 3 nitrogen and oxygen atoms in total. The summed E-state index contributed by atoms with van der Waals surface area (Å²) in [6, 6.07) is 11.3. The van der Waals surface area contributed by atoms with E-state index in [4.69, 9.17) is 0 Å². The van der Waals surface area contributed by atoms with Gasteiger partial charge in [0.1, 0.15) is 5.82 Å². The molecule has 1 N–H and O–H groups in total. The molecule has 1 amide bonds. The average Bonchev–Trinajstić information content (AvgIpc) is 2.41. The fourth-order valence-electron chi connectivity index (χ4n) is 1.68. The van der Waals surface area contributed by atoms with E-state index in [2.05, 4.69) is 40.1 Å². The summed E-state index contributed by atoms with van der Waals surface area (Å²) < 4.78 is 0.766. The van der Waals surface area contributed by atoms with E-state index < -0.39 is 0 Å². The van der Waals surface area contributed by atoms with E-state index in [-0.39, 0.29) is 5.91 Å². The lowest BCUT2D eigenvalue weighted by Crippen LogP contribution is -2.13. The van der Waals surface area contributed by atoms with Gasteiger partial charge in [-0.15, -0.1) is 0 Å². The van der Waals surface area contributed by atoms with Crippen LogP contribution in [0, 0.1) is 0 Å². The summed E-state index contributed by atoms with van der Waals surface area (Å²) in [7, 11) is 0. The zero-order valence-electron chi connectivity index (χ0n) is 10.9. The van der Waals surface area contributed by atoms with Crippen molar-refractivity contribution in [2.45, 2.75) is 19.8 Å². The first-order valence-electron chi connectivity index (χ1n) is 6.09. The molecular weight excluding hydrogens is 304 g/mol. The van der Waals surface area contributed by atoms with Crippen molar-refractivity contribution in [1.29, 1.82) is 0 Å². The lowest BCUT2D eigenvalue weighted by atomic mass is 10.0. The lowest BCUT2D eigenvalue weighted by molar-refractivity contribution is 0.102. The molecule has 0 radical (unpaired) electrons. The van der Waals surface area contributed by atoms with Crippen LogP contribution in [0.3, 0.4) is 0 Å². The highest BCUT2D eigenvalue weighted by atomic mass is 79.9. The van der Waals surface area contributed by atoms with E-state index in [1.165, 1.54) is 5.56 Å². The second-order valence-electron chi connectivity index (χ2n) is 4.56. The molecule has 0 saturated carbocycles. The number of carbonyl (C=O) groups is 1. The zero-order valence-corrected chi connectivity index (χ0v) is 12.4. The number of pyridine rings is 1. The van der Waals surface area contributed by atoms with Crippen molar-refractivity contribution in [3.05, 3.63) is 58.2 Å². The molecule has 2 aromatic rings. The van der Waals surface area contributed by atoms with E-state index in [0.29, 0.717) is 17.3 Å². The summed E-state index contributed by atoms with van der Waals surface area (Å²) in [5.41, 5.74) is 1.84. The third kappa shape index (κ3) is 3.41. The second kappa shape index (κ2) is 5.97. The number of rotatable bonds is 3. The summed E-state index contributed by atoms with van der Waals surface area (Å²) in [6.45, 7) is 4.25. The lowest BCUT2D eigenvalue weighted by Gasteiger charge is -2.08.